The van der Waals surface area contributed by atoms with Crippen LogP contribution >= 0.6 is 11.3 Å². The zero-order valence-corrected chi connectivity index (χ0v) is 19.1. The van der Waals surface area contributed by atoms with Gasteiger partial charge in [-0.1, -0.05) is 12.1 Å². The maximum Gasteiger partial charge on any atom is 0.410 e. The lowest BCUT2D eigenvalue weighted by Gasteiger charge is -2.36. The van der Waals surface area contributed by atoms with E-state index in [1.807, 2.05) is 0 Å². The highest BCUT2D eigenvalue weighted by molar-refractivity contribution is 7.17. The van der Waals surface area contributed by atoms with E-state index in [0.29, 0.717) is 4.88 Å². The fraction of sp³-hybridized carbons (Fsp3) is 0.273. The monoisotopic (exact) mass is 501 g/mol. The molecule has 4 rings (SSSR count). The summed E-state index contributed by atoms with van der Waals surface area (Å²) in [5.74, 6) is -5.65. The molecule has 1 atom stereocenters. The van der Waals surface area contributed by atoms with Crippen LogP contribution in [0.2, 0.25) is 0 Å². The van der Waals surface area contributed by atoms with Gasteiger partial charge in [-0.15, -0.1) is 11.3 Å². The van der Waals surface area contributed by atoms with E-state index in [4.69, 9.17) is 9.84 Å². The second-order valence-electron chi connectivity index (χ2n) is 7.72. The predicted molar refractivity (Wildman–Crippen MR) is 119 cm³/mol. The molecule has 3 heterocycles. The number of amides is 4. The number of thiophene rings is 1. The molecule has 0 radical (unpaired) electrons. The van der Waals surface area contributed by atoms with Crippen LogP contribution in [0.4, 0.5) is 9.80 Å². The maximum absolute atomic E-state index is 12.9. The number of ether oxygens (including phenoxy) is 1. The topological polar surface area (TPSA) is 171 Å². The molecule has 2 aliphatic rings. The lowest BCUT2D eigenvalue weighted by molar-refractivity contribution is -0.147. The summed E-state index contributed by atoms with van der Waals surface area (Å²) >= 11 is 0.838. The summed E-state index contributed by atoms with van der Waals surface area (Å²) in [6.07, 6.45) is -0.788. The molecule has 1 unspecified atom stereocenters. The van der Waals surface area contributed by atoms with E-state index >= 15 is 0 Å². The lowest BCUT2D eigenvalue weighted by atomic mass is 9.96. The number of benzene rings is 1. The van der Waals surface area contributed by atoms with E-state index in [1.54, 1.807) is 19.1 Å². The van der Waals surface area contributed by atoms with Crippen LogP contribution in [0.25, 0.3) is 0 Å². The first-order chi connectivity index (χ1) is 16.6. The van der Waals surface area contributed by atoms with Crippen molar-refractivity contribution in [3.05, 3.63) is 51.4 Å². The summed E-state index contributed by atoms with van der Waals surface area (Å²) in [6, 6.07) is 5.48. The molecule has 0 saturated heterocycles. The van der Waals surface area contributed by atoms with Gasteiger partial charge in [-0.05, 0) is 31.0 Å². The minimum Gasteiger partial charge on any atom is -0.478 e. The van der Waals surface area contributed by atoms with Crippen molar-refractivity contribution in [3.63, 3.8) is 0 Å². The smallest absolute Gasteiger partial charge is 0.410 e. The Kier molecular flexibility index (Phi) is 6.26. The maximum atomic E-state index is 12.9. The van der Waals surface area contributed by atoms with Gasteiger partial charge in [-0.3, -0.25) is 24.2 Å². The SMILES string of the molecule is CCOC(=O)N1Cc2sc(NC(=O)C(=O)O)c(C(=O)O)c2CC1CN1C(=O)c2ccccc2C1=O. The number of carboxylic acids is 2. The van der Waals surface area contributed by atoms with Crippen LogP contribution in [0.1, 0.15) is 48.4 Å². The predicted octanol–water partition coefficient (Wildman–Crippen LogP) is 1.65. The van der Waals surface area contributed by atoms with Crippen molar-refractivity contribution < 1.29 is 43.7 Å². The molecule has 2 aliphatic heterocycles. The molecule has 1 aromatic heterocycles. The molecule has 2 aromatic rings. The molecule has 3 N–H and O–H groups in total. The lowest BCUT2D eigenvalue weighted by Crippen LogP contribution is -2.51. The molecule has 13 heteroatoms. The number of carbonyl (C=O) groups excluding carboxylic acids is 4. The van der Waals surface area contributed by atoms with Crippen molar-refractivity contribution in [2.75, 3.05) is 18.5 Å². The average Bonchev–Trinajstić information content (AvgIpc) is 3.28. The Morgan fingerprint density at radius 3 is 2.29 bits per heavy atom. The molecule has 0 aliphatic carbocycles. The highest BCUT2D eigenvalue weighted by Gasteiger charge is 2.42. The molecule has 0 bridgehead atoms. The van der Waals surface area contributed by atoms with E-state index in [1.165, 1.54) is 17.0 Å². The Bertz CT molecular complexity index is 1250. The van der Waals surface area contributed by atoms with Crippen LogP contribution < -0.4 is 5.32 Å². The second-order valence-corrected chi connectivity index (χ2v) is 8.83. The number of fused-ring (bicyclic) bond motifs is 2. The number of hydrogen-bond donors (Lipinski definition) is 3. The number of aliphatic carboxylic acids is 1. The summed E-state index contributed by atoms with van der Waals surface area (Å²) in [7, 11) is 0. The fourth-order valence-electron chi connectivity index (χ4n) is 4.16. The minimum atomic E-state index is -1.79. The molecule has 4 amide bonds. The molecular formula is C22H19N3O9S. The van der Waals surface area contributed by atoms with Crippen molar-refractivity contribution in [3.8, 4) is 0 Å². The summed E-state index contributed by atoms with van der Waals surface area (Å²) in [5, 5.41) is 20.6. The van der Waals surface area contributed by atoms with Gasteiger partial charge in [-0.2, -0.15) is 0 Å². The number of aromatic carboxylic acids is 1. The van der Waals surface area contributed by atoms with Gasteiger partial charge in [0.15, 0.2) is 0 Å². The Morgan fingerprint density at radius 1 is 1.11 bits per heavy atom. The molecule has 0 saturated carbocycles. The number of carboxylic acid groups (broad SMARTS) is 2. The number of nitrogens with zero attached hydrogens (tertiary/aromatic N) is 2. The minimum absolute atomic E-state index is 0.0622. The molecule has 12 nitrogen and oxygen atoms in total. The molecule has 0 fully saturated rings. The van der Waals surface area contributed by atoms with Gasteiger partial charge >= 0.3 is 23.9 Å². The van der Waals surface area contributed by atoms with Crippen LogP contribution in [-0.2, 0) is 27.3 Å². The summed E-state index contributed by atoms with van der Waals surface area (Å²) in [6.45, 7) is 1.35. The normalized spacial score (nSPS) is 16.5. The van der Waals surface area contributed by atoms with Gasteiger partial charge < -0.3 is 20.3 Å². The number of imide groups is 1. The highest BCUT2D eigenvalue weighted by atomic mass is 32.1. The van der Waals surface area contributed by atoms with Crippen molar-refractivity contribution in [2.45, 2.75) is 25.9 Å². The van der Waals surface area contributed by atoms with E-state index in [2.05, 4.69) is 5.32 Å². The third-order valence-corrected chi connectivity index (χ3v) is 6.83. The first-order valence-electron chi connectivity index (χ1n) is 10.4. The second kappa shape index (κ2) is 9.18. The van der Waals surface area contributed by atoms with Crippen molar-refractivity contribution >= 4 is 52.1 Å². The van der Waals surface area contributed by atoms with Crippen molar-refractivity contribution in [1.29, 1.82) is 0 Å². The number of hydrogen-bond acceptors (Lipinski definition) is 8. The molecule has 0 spiro atoms. The van der Waals surface area contributed by atoms with E-state index in [0.717, 1.165) is 16.2 Å². The zero-order valence-electron chi connectivity index (χ0n) is 18.3. The van der Waals surface area contributed by atoms with E-state index < -0.39 is 41.8 Å². The van der Waals surface area contributed by atoms with Gasteiger partial charge in [-0.25, -0.2) is 14.4 Å². The summed E-state index contributed by atoms with van der Waals surface area (Å²) < 4.78 is 5.13. The van der Waals surface area contributed by atoms with Gasteiger partial charge in [0.05, 0.1) is 42.4 Å². The van der Waals surface area contributed by atoms with Crippen LogP contribution in [0.15, 0.2) is 24.3 Å². The van der Waals surface area contributed by atoms with Gasteiger partial charge in [0, 0.05) is 4.88 Å². The largest absolute Gasteiger partial charge is 0.478 e. The third kappa shape index (κ3) is 4.21. The van der Waals surface area contributed by atoms with Crippen molar-refractivity contribution in [2.24, 2.45) is 0 Å². The Morgan fingerprint density at radius 2 is 1.74 bits per heavy atom. The number of rotatable bonds is 5. The standard InChI is InChI=1S/C22H19N3O9S/c1-2-34-22(33)24-9-14-13(15(20(29)30)17(35-14)23-16(26)21(31)32)7-10(24)8-25-18(27)11-5-3-4-6-12(11)19(25)28/h3-6,10H,2,7-9H2,1H3,(H,23,26)(H,29,30)(H,31,32). The number of nitrogens with one attached hydrogen (secondary N) is 1. The average molecular weight is 501 g/mol. The third-order valence-electron chi connectivity index (χ3n) is 5.69. The number of anilines is 1. The van der Waals surface area contributed by atoms with Crippen LogP contribution in [0.5, 0.6) is 0 Å². The van der Waals surface area contributed by atoms with Crippen molar-refractivity contribution in [1.82, 2.24) is 9.80 Å². The molecule has 182 valence electrons. The number of carbonyl (C=O) groups is 6. The van der Waals surface area contributed by atoms with Crippen LogP contribution in [-0.4, -0.2) is 75.0 Å². The zero-order chi connectivity index (χ0) is 25.4. The molecule has 1 aromatic carbocycles. The van der Waals surface area contributed by atoms with E-state index in [-0.39, 0.29) is 53.4 Å². The Hall–Kier alpha value is -4.26. The van der Waals surface area contributed by atoms with Gasteiger partial charge in [0.2, 0.25) is 0 Å². The molecule has 35 heavy (non-hydrogen) atoms. The summed E-state index contributed by atoms with van der Waals surface area (Å²) in [5.41, 5.74) is 0.454. The quantitative estimate of drug-likeness (QED) is 0.407. The fourth-order valence-corrected chi connectivity index (χ4v) is 5.37. The first-order valence-corrected chi connectivity index (χ1v) is 11.3. The van der Waals surface area contributed by atoms with Gasteiger partial charge in [0.25, 0.3) is 11.8 Å². The highest BCUT2D eigenvalue weighted by Crippen LogP contribution is 2.39. The molecular weight excluding hydrogens is 482 g/mol. The van der Waals surface area contributed by atoms with Gasteiger partial charge in [0.1, 0.15) is 5.00 Å². The van der Waals surface area contributed by atoms with E-state index in [9.17, 15) is 33.9 Å². The van der Waals surface area contributed by atoms with Crippen LogP contribution in [0, 0.1) is 0 Å². The summed E-state index contributed by atoms with van der Waals surface area (Å²) in [4.78, 5) is 75.8. The van der Waals surface area contributed by atoms with Crippen LogP contribution in [0.3, 0.4) is 0 Å². The first kappa shape index (κ1) is 23.9. The Balaban J connectivity index is 1.70. The Labute approximate surface area is 201 Å².